The standard InChI is InChI=1S/C15H23NO2S2/c1-6-17-13-9-12(16(10(3)4)15(19)20)8-11(5)14(13)18-7-2/h8-10H,6-7H2,1-5H3,(H,19,20). The summed E-state index contributed by atoms with van der Waals surface area (Å²) in [5.74, 6) is 1.55. The predicted molar refractivity (Wildman–Crippen MR) is 92.7 cm³/mol. The lowest BCUT2D eigenvalue weighted by atomic mass is 10.1. The molecule has 0 atom stereocenters. The molecule has 0 aromatic heterocycles. The van der Waals surface area contributed by atoms with Crippen molar-refractivity contribution in [2.24, 2.45) is 0 Å². The van der Waals surface area contributed by atoms with Gasteiger partial charge >= 0.3 is 0 Å². The number of hydrogen-bond donors (Lipinski definition) is 1. The van der Waals surface area contributed by atoms with E-state index in [0.29, 0.717) is 17.5 Å². The van der Waals surface area contributed by atoms with Gasteiger partial charge in [-0.25, -0.2) is 0 Å². The van der Waals surface area contributed by atoms with Crippen molar-refractivity contribution in [3.63, 3.8) is 0 Å². The van der Waals surface area contributed by atoms with Crippen molar-refractivity contribution < 1.29 is 9.47 Å². The zero-order valence-corrected chi connectivity index (χ0v) is 14.5. The van der Waals surface area contributed by atoms with Crippen molar-refractivity contribution in [1.82, 2.24) is 0 Å². The summed E-state index contributed by atoms with van der Waals surface area (Å²) >= 11 is 9.55. The van der Waals surface area contributed by atoms with Crippen LogP contribution >= 0.6 is 24.8 Å². The maximum Gasteiger partial charge on any atom is 0.164 e. The average molecular weight is 313 g/mol. The van der Waals surface area contributed by atoms with Crippen molar-refractivity contribution in [3.05, 3.63) is 17.7 Å². The molecule has 0 fully saturated rings. The van der Waals surface area contributed by atoms with E-state index in [1.165, 1.54) is 0 Å². The Labute approximate surface area is 132 Å². The van der Waals surface area contributed by atoms with Gasteiger partial charge in [0.2, 0.25) is 0 Å². The SMILES string of the molecule is CCOc1cc(N(C(=S)S)C(C)C)cc(C)c1OCC. The van der Waals surface area contributed by atoms with E-state index in [1.807, 2.05) is 31.7 Å². The molecule has 0 spiro atoms. The second-order valence-corrected chi connectivity index (χ2v) is 5.82. The summed E-state index contributed by atoms with van der Waals surface area (Å²) in [4.78, 5) is 1.99. The molecule has 0 aliphatic heterocycles. The van der Waals surface area contributed by atoms with Gasteiger partial charge in [0, 0.05) is 17.8 Å². The Morgan fingerprint density at radius 1 is 1.25 bits per heavy atom. The van der Waals surface area contributed by atoms with E-state index in [2.05, 4.69) is 32.5 Å². The summed E-state index contributed by atoms with van der Waals surface area (Å²) in [6, 6.07) is 4.24. The summed E-state index contributed by atoms with van der Waals surface area (Å²) in [7, 11) is 0. The molecular formula is C15H23NO2S2. The molecule has 0 unspecified atom stereocenters. The van der Waals surface area contributed by atoms with Gasteiger partial charge in [0.25, 0.3) is 0 Å². The van der Waals surface area contributed by atoms with Gasteiger partial charge in [0.1, 0.15) is 4.32 Å². The summed E-state index contributed by atoms with van der Waals surface area (Å²) < 4.78 is 11.9. The van der Waals surface area contributed by atoms with Gasteiger partial charge in [-0.15, -0.1) is 12.6 Å². The molecule has 0 heterocycles. The van der Waals surface area contributed by atoms with Crippen LogP contribution in [0.4, 0.5) is 5.69 Å². The van der Waals surface area contributed by atoms with Crippen molar-refractivity contribution >= 4 is 34.9 Å². The lowest BCUT2D eigenvalue weighted by Crippen LogP contribution is -2.32. The highest BCUT2D eigenvalue weighted by Crippen LogP contribution is 2.37. The van der Waals surface area contributed by atoms with Crippen LogP contribution in [0.2, 0.25) is 0 Å². The Morgan fingerprint density at radius 2 is 1.85 bits per heavy atom. The molecule has 0 N–H and O–H groups in total. The zero-order chi connectivity index (χ0) is 15.3. The number of benzene rings is 1. The van der Waals surface area contributed by atoms with Crippen LogP contribution in [0, 0.1) is 6.92 Å². The Kier molecular flexibility index (Phi) is 6.62. The molecule has 0 amide bonds. The van der Waals surface area contributed by atoms with Gasteiger partial charge in [0.05, 0.1) is 13.2 Å². The Bertz CT molecular complexity index is 475. The lowest BCUT2D eigenvalue weighted by Gasteiger charge is -2.28. The smallest absolute Gasteiger partial charge is 0.164 e. The van der Waals surface area contributed by atoms with Crippen molar-refractivity contribution in [2.75, 3.05) is 18.1 Å². The van der Waals surface area contributed by atoms with Crippen molar-refractivity contribution in [2.45, 2.75) is 40.7 Å². The van der Waals surface area contributed by atoms with E-state index in [4.69, 9.17) is 21.7 Å². The lowest BCUT2D eigenvalue weighted by molar-refractivity contribution is 0.286. The van der Waals surface area contributed by atoms with Crippen molar-refractivity contribution in [3.8, 4) is 11.5 Å². The fraction of sp³-hybridized carbons (Fsp3) is 0.533. The van der Waals surface area contributed by atoms with Gasteiger partial charge in [-0.1, -0.05) is 12.2 Å². The minimum Gasteiger partial charge on any atom is -0.490 e. The monoisotopic (exact) mass is 313 g/mol. The van der Waals surface area contributed by atoms with Gasteiger partial charge in [0.15, 0.2) is 11.5 Å². The van der Waals surface area contributed by atoms with Crippen LogP contribution in [0.15, 0.2) is 12.1 Å². The number of anilines is 1. The molecule has 3 nitrogen and oxygen atoms in total. The van der Waals surface area contributed by atoms with Crippen LogP contribution in [0.25, 0.3) is 0 Å². The number of nitrogens with zero attached hydrogens (tertiary/aromatic N) is 1. The summed E-state index contributed by atoms with van der Waals surface area (Å²) in [6.45, 7) is 11.3. The molecule has 0 radical (unpaired) electrons. The third kappa shape index (κ3) is 4.03. The number of hydrogen-bond acceptors (Lipinski definition) is 3. The Morgan fingerprint density at radius 3 is 2.30 bits per heavy atom. The van der Waals surface area contributed by atoms with Crippen LogP contribution in [-0.2, 0) is 0 Å². The van der Waals surface area contributed by atoms with Crippen LogP contribution in [0.1, 0.15) is 33.3 Å². The zero-order valence-electron chi connectivity index (χ0n) is 12.8. The van der Waals surface area contributed by atoms with E-state index >= 15 is 0 Å². The van der Waals surface area contributed by atoms with Crippen LogP contribution in [-0.4, -0.2) is 23.6 Å². The summed E-state index contributed by atoms with van der Waals surface area (Å²) in [6.07, 6.45) is 0. The summed E-state index contributed by atoms with van der Waals surface area (Å²) in [5.41, 5.74) is 2.01. The summed E-state index contributed by atoms with van der Waals surface area (Å²) in [5, 5.41) is 0. The third-order valence-electron chi connectivity index (χ3n) is 2.81. The van der Waals surface area contributed by atoms with Gasteiger partial charge < -0.3 is 14.4 Å². The molecule has 0 aliphatic rings. The van der Waals surface area contributed by atoms with E-state index in [9.17, 15) is 0 Å². The van der Waals surface area contributed by atoms with Crippen LogP contribution < -0.4 is 14.4 Å². The fourth-order valence-corrected chi connectivity index (χ4v) is 2.75. The van der Waals surface area contributed by atoms with Crippen LogP contribution in [0.5, 0.6) is 11.5 Å². The number of thiocarbonyl (C=S) groups is 1. The minimum absolute atomic E-state index is 0.229. The average Bonchev–Trinajstić information content (AvgIpc) is 2.33. The number of rotatable bonds is 6. The van der Waals surface area contributed by atoms with Crippen molar-refractivity contribution in [1.29, 1.82) is 0 Å². The second-order valence-electron chi connectivity index (χ2n) is 4.70. The maximum atomic E-state index is 5.70. The highest BCUT2D eigenvalue weighted by molar-refractivity contribution is 8.11. The minimum atomic E-state index is 0.229. The Balaban J connectivity index is 3.32. The molecule has 0 bridgehead atoms. The molecule has 0 aliphatic carbocycles. The third-order valence-corrected chi connectivity index (χ3v) is 3.23. The molecular weight excluding hydrogens is 290 g/mol. The van der Waals surface area contributed by atoms with Gasteiger partial charge in [-0.05, 0) is 46.2 Å². The number of aryl methyl sites for hydroxylation is 1. The normalized spacial score (nSPS) is 10.6. The van der Waals surface area contributed by atoms with E-state index in [1.54, 1.807) is 0 Å². The van der Waals surface area contributed by atoms with E-state index in [0.717, 1.165) is 22.7 Å². The first-order valence-corrected chi connectivity index (χ1v) is 7.70. The highest BCUT2D eigenvalue weighted by Gasteiger charge is 2.18. The Hall–Kier alpha value is -0.940. The molecule has 0 saturated carbocycles. The topological polar surface area (TPSA) is 21.7 Å². The quantitative estimate of drug-likeness (QED) is 0.627. The second kappa shape index (κ2) is 7.74. The van der Waals surface area contributed by atoms with Crippen LogP contribution in [0.3, 0.4) is 0 Å². The predicted octanol–water partition coefficient (Wildman–Crippen LogP) is 4.22. The molecule has 5 heteroatoms. The highest BCUT2D eigenvalue weighted by atomic mass is 32.1. The van der Waals surface area contributed by atoms with Gasteiger partial charge in [-0.2, -0.15) is 0 Å². The fourth-order valence-electron chi connectivity index (χ4n) is 2.08. The van der Waals surface area contributed by atoms with Gasteiger partial charge in [-0.3, -0.25) is 0 Å². The molecule has 1 rings (SSSR count). The molecule has 1 aromatic carbocycles. The van der Waals surface area contributed by atoms with E-state index < -0.39 is 0 Å². The number of ether oxygens (including phenoxy) is 2. The largest absolute Gasteiger partial charge is 0.490 e. The first-order valence-electron chi connectivity index (χ1n) is 6.84. The van der Waals surface area contributed by atoms with E-state index in [-0.39, 0.29) is 6.04 Å². The molecule has 1 aromatic rings. The molecule has 0 saturated heterocycles. The molecule has 112 valence electrons. The maximum absolute atomic E-state index is 5.70. The molecule has 20 heavy (non-hydrogen) atoms. The first kappa shape index (κ1) is 17.1. The number of thiol groups is 1. The first-order chi connectivity index (χ1) is 9.42.